The van der Waals surface area contributed by atoms with E-state index in [-0.39, 0.29) is 30.2 Å². The summed E-state index contributed by atoms with van der Waals surface area (Å²) in [5.41, 5.74) is 7.92. The van der Waals surface area contributed by atoms with E-state index in [4.69, 9.17) is 5.73 Å². The van der Waals surface area contributed by atoms with E-state index in [0.29, 0.717) is 41.3 Å². The number of carbonyl (C=O) groups excluding carboxylic acids is 1. The molecule has 146 valence electrons. The van der Waals surface area contributed by atoms with Gasteiger partial charge in [0, 0.05) is 30.3 Å². The van der Waals surface area contributed by atoms with Gasteiger partial charge in [0.05, 0.1) is 0 Å². The Morgan fingerprint density at radius 1 is 1.11 bits per heavy atom. The number of carbonyl (C=O) groups is 1. The second-order valence-electron chi connectivity index (χ2n) is 7.14. The van der Waals surface area contributed by atoms with E-state index in [9.17, 15) is 13.6 Å². The lowest BCUT2D eigenvalue weighted by atomic mass is 9.90. The minimum Gasteiger partial charge on any atom is -0.339 e. The third kappa shape index (κ3) is 4.66. The van der Waals surface area contributed by atoms with Crippen LogP contribution in [0.2, 0.25) is 0 Å². The van der Waals surface area contributed by atoms with Crippen LogP contribution in [0.4, 0.5) is 8.78 Å². The highest BCUT2D eigenvalue weighted by atomic mass is 35.5. The summed E-state index contributed by atoms with van der Waals surface area (Å²) in [7, 11) is 0. The van der Waals surface area contributed by atoms with Crippen molar-refractivity contribution in [1.29, 1.82) is 0 Å². The highest BCUT2D eigenvalue weighted by molar-refractivity contribution is 5.95. The van der Waals surface area contributed by atoms with Crippen LogP contribution in [0.3, 0.4) is 0 Å². The molecule has 1 unspecified atom stereocenters. The van der Waals surface area contributed by atoms with E-state index in [1.54, 1.807) is 30.0 Å². The Kier molecular flexibility index (Phi) is 6.95. The Morgan fingerprint density at radius 3 is 2.30 bits per heavy atom. The van der Waals surface area contributed by atoms with Gasteiger partial charge in [0.1, 0.15) is 11.6 Å². The normalized spacial score (nSPS) is 16.0. The maximum Gasteiger partial charge on any atom is 0.253 e. The monoisotopic (exact) mass is 394 g/mol. The second-order valence-corrected chi connectivity index (χ2v) is 7.14. The average molecular weight is 395 g/mol. The van der Waals surface area contributed by atoms with Gasteiger partial charge in [0.2, 0.25) is 0 Å². The molecule has 2 aromatic rings. The third-order valence-electron chi connectivity index (χ3n) is 5.27. The zero-order valence-electron chi connectivity index (χ0n) is 15.5. The topological polar surface area (TPSA) is 46.3 Å². The molecule has 1 atom stereocenters. The van der Waals surface area contributed by atoms with Crippen molar-refractivity contribution in [3.8, 4) is 11.1 Å². The van der Waals surface area contributed by atoms with Crippen LogP contribution in [0, 0.1) is 24.5 Å². The van der Waals surface area contributed by atoms with Gasteiger partial charge in [0.15, 0.2) is 0 Å². The predicted molar refractivity (Wildman–Crippen MR) is 106 cm³/mol. The Balaban J connectivity index is 0.00000261. The first-order chi connectivity index (χ1) is 12.4. The predicted octanol–water partition coefficient (Wildman–Crippen LogP) is 4.56. The molecule has 0 spiro atoms. The van der Waals surface area contributed by atoms with Crippen LogP contribution in [0.1, 0.15) is 35.7 Å². The van der Waals surface area contributed by atoms with Crippen LogP contribution in [0.5, 0.6) is 0 Å². The number of piperidine rings is 1. The molecule has 3 rings (SSSR count). The van der Waals surface area contributed by atoms with Crippen molar-refractivity contribution in [3.05, 3.63) is 59.2 Å². The van der Waals surface area contributed by atoms with Crippen molar-refractivity contribution >= 4 is 18.3 Å². The summed E-state index contributed by atoms with van der Waals surface area (Å²) in [6.45, 7) is 5.02. The van der Waals surface area contributed by atoms with Crippen molar-refractivity contribution in [3.63, 3.8) is 0 Å². The van der Waals surface area contributed by atoms with E-state index >= 15 is 0 Å². The van der Waals surface area contributed by atoms with Crippen LogP contribution in [-0.2, 0) is 0 Å². The summed E-state index contributed by atoms with van der Waals surface area (Å²) in [5, 5.41) is 0. The fourth-order valence-corrected chi connectivity index (χ4v) is 3.61. The zero-order chi connectivity index (χ0) is 18.8. The first-order valence-electron chi connectivity index (χ1n) is 8.97. The SMILES string of the molecule is Cc1cc(F)ccc1-c1ccc(C(=O)N2CCC(C(C)N)CC2)cc1F.Cl. The lowest BCUT2D eigenvalue weighted by Crippen LogP contribution is -2.42. The Bertz CT molecular complexity index is 818. The summed E-state index contributed by atoms with van der Waals surface area (Å²) in [6, 6.07) is 8.88. The van der Waals surface area contributed by atoms with Gasteiger partial charge in [-0.25, -0.2) is 8.78 Å². The summed E-state index contributed by atoms with van der Waals surface area (Å²) in [4.78, 5) is 14.4. The highest BCUT2D eigenvalue weighted by Crippen LogP contribution is 2.28. The Labute approximate surface area is 165 Å². The number of likely N-dealkylation sites (tertiary alicyclic amines) is 1. The third-order valence-corrected chi connectivity index (χ3v) is 5.27. The van der Waals surface area contributed by atoms with Crippen LogP contribution in [-0.4, -0.2) is 29.9 Å². The number of amides is 1. The summed E-state index contributed by atoms with van der Waals surface area (Å²) in [6.07, 6.45) is 1.75. The molecule has 1 heterocycles. The molecule has 0 aliphatic carbocycles. The van der Waals surface area contributed by atoms with E-state index in [2.05, 4.69) is 0 Å². The fraction of sp³-hybridized carbons (Fsp3) is 0.381. The number of hydrogen-bond donors (Lipinski definition) is 1. The smallest absolute Gasteiger partial charge is 0.253 e. The molecule has 3 nitrogen and oxygen atoms in total. The Hall–Kier alpha value is -1.98. The van der Waals surface area contributed by atoms with Gasteiger partial charge in [-0.3, -0.25) is 4.79 Å². The van der Waals surface area contributed by atoms with E-state index in [0.717, 1.165) is 12.8 Å². The highest BCUT2D eigenvalue weighted by Gasteiger charge is 2.26. The molecule has 2 aromatic carbocycles. The average Bonchev–Trinajstić information content (AvgIpc) is 2.62. The van der Waals surface area contributed by atoms with Gasteiger partial charge in [-0.15, -0.1) is 12.4 Å². The quantitative estimate of drug-likeness (QED) is 0.829. The molecular formula is C21H25ClF2N2O. The molecule has 0 bridgehead atoms. The van der Waals surface area contributed by atoms with Gasteiger partial charge in [0.25, 0.3) is 5.91 Å². The molecule has 0 saturated carbocycles. The number of nitrogens with zero attached hydrogens (tertiary/aromatic N) is 1. The van der Waals surface area contributed by atoms with Crippen LogP contribution in [0.25, 0.3) is 11.1 Å². The first kappa shape index (κ1) is 21.3. The van der Waals surface area contributed by atoms with Crippen molar-refractivity contribution in [1.82, 2.24) is 4.90 Å². The zero-order valence-corrected chi connectivity index (χ0v) is 16.4. The van der Waals surface area contributed by atoms with Gasteiger partial charge >= 0.3 is 0 Å². The molecular weight excluding hydrogens is 370 g/mol. The Morgan fingerprint density at radius 2 is 1.74 bits per heavy atom. The maximum absolute atomic E-state index is 14.6. The summed E-state index contributed by atoms with van der Waals surface area (Å²) >= 11 is 0. The number of hydrogen-bond acceptors (Lipinski definition) is 2. The molecule has 27 heavy (non-hydrogen) atoms. The minimum atomic E-state index is -0.476. The molecule has 1 aliphatic rings. The van der Waals surface area contributed by atoms with Gasteiger partial charge < -0.3 is 10.6 Å². The lowest BCUT2D eigenvalue weighted by Gasteiger charge is -2.33. The molecule has 0 aromatic heterocycles. The maximum atomic E-state index is 14.6. The van der Waals surface area contributed by atoms with Crippen molar-refractivity contribution in [2.45, 2.75) is 32.7 Å². The van der Waals surface area contributed by atoms with Crippen molar-refractivity contribution in [2.75, 3.05) is 13.1 Å². The molecule has 1 aliphatic heterocycles. The number of aryl methyl sites for hydroxylation is 1. The number of benzene rings is 2. The lowest BCUT2D eigenvalue weighted by molar-refractivity contribution is 0.0680. The minimum absolute atomic E-state index is 0. The van der Waals surface area contributed by atoms with Crippen molar-refractivity contribution in [2.24, 2.45) is 11.7 Å². The van der Waals surface area contributed by atoms with Gasteiger partial charge in [-0.05, 0) is 68.0 Å². The van der Waals surface area contributed by atoms with Crippen molar-refractivity contribution < 1.29 is 13.6 Å². The van der Waals surface area contributed by atoms with Gasteiger partial charge in [-0.1, -0.05) is 12.1 Å². The molecule has 0 radical (unpaired) electrons. The molecule has 1 fully saturated rings. The first-order valence-corrected chi connectivity index (χ1v) is 8.97. The molecule has 2 N–H and O–H groups in total. The van der Waals surface area contributed by atoms with Crippen LogP contribution in [0.15, 0.2) is 36.4 Å². The molecule has 1 saturated heterocycles. The standard InChI is InChI=1S/C21H24F2N2O.ClH/c1-13-11-17(22)4-6-18(13)19-5-3-16(12-20(19)23)21(26)25-9-7-15(8-10-25)14(2)24;/h3-6,11-12,14-15H,7-10,24H2,1-2H3;1H. The summed E-state index contributed by atoms with van der Waals surface area (Å²) < 4.78 is 27.9. The van der Waals surface area contributed by atoms with Crippen LogP contribution >= 0.6 is 12.4 Å². The molecule has 1 amide bonds. The van der Waals surface area contributed by atoms with E-state index in [1.165, 1.54) is 18.2 Å². The number of rotatable bonds is 3. The molecule has 6 heteroatoms. The largest absolute Gasteiger partial charge is 0.339 e. The van der Waals surface area contributed by atoms with E-state index < -0.39 is 5.82 Å². The van der Waals surface area contributed by atoms with Gasteiger partial charge in [-0.2, -0.15) is 0 Å². The van der Waals surface area contributed by atoms with Crippen LogP contribution < -0.4 is 5.73 Å². The summed E-state index contributed by atoms with van der Waals surface area (Å²) in [5.74, 6) is -0.557. The van der Waals surface area contributed by atoms with E-state index in [1.807, 2.05) is 6.92 Å². The second kappa shape index (κ2) is 8.81. The number of halogens is 3. The fourth-order valence-electron chi connectivity index (χ4n) is 3.61. The number of nitrogens with two attached hydrogens (primary N) is 1.